The van der Waals surface area contributed by atoms with E-state index in [1.807, 2.05) is 0 Å². The van der Waals surface area contributed by atoms with Gasteiger partial charge in [-0.2, -0.15) is 0 Å². The van der Waals surface area contributed by atoms with Crippen molar-refractivity contribution in [2.75, 3.05) is 4.43 Å². The Morgan fingerprint density at radius 3 is 2.50 bits per heavy atom. The Morgan fingerprint density at radius 2 is 2.00 bits per heavy atom. The van der Waals surface area contributed by atoms with E-state index in [2.05, 4.69) is 36.7 Å². The van der Waals surface area contributed by atoms with Crippen LogP contribution in [0.4, 0.5) is 4.39 Å². The highest BCUT2D eigenvalue weighted by Gasteiger charge is 2.02. The lowest BCUT2D eigenvalue weighted by atomic mass is 10.1. The number of halogens is 2. The highest BCUT2D eigenvalue weighted by atomic mass is 127. The van der Waals surface area contributed by atoms with E-state index in [0.29, 0.717) is 0 Å². The molecule has 0 heterocycles. The first-order chi connectivity index (χ1) is 6.77. The zero-order valence-corrected chi connectivity index (χ0v) is 11.0. The molecule has 0 N–H and O–H groups in total. The molecule has 1 aromatic carbocycles. The molecule has 0 radical (unpaired) electrons. The molecule has 1 rings (SSSR count). The number of nitrogens with zero attached hydrogens (tertiary/aromatic N) is 1. The first kappa shape index (κ1) is 12.1. The summed E-state index contributed by atoms with van der Waals surface area (Å²) in [5, 5.41) is 0. The summed E-state index contributed by atoms with van der Waals surface area (Å²) in [4.78, 5) is 0. The van der Waals surface area contributed by atoms with Crippen LogP contribution in [0, 0.1) is 5.82 Å². The van der Waals surface area contributed by atoms with Crippen molar-refractivity contribution in [1.29, 1.82) is 0 Å². The van der Waals surface area contributed by atoms with Gasteiger partial charge < -0.3 is 0 Å². The molecule has 0 saturated carbocycles. The molecule has 0 bridgehead atoms. The molecular formula is C10H12FINP. The summed E-state index contributed by atoms with van der Waals surface area (Å²) in [6, 6.07) is 6.47. The van der Waals surface area contributed by atoms with Crippen LogP contribution >= 0.6 is 32.0 Å². The van der Waals surface area contributed by atoms with Crippen LogP contribution in [-0.4, -0.2) is 10.1 Å². The molecule has 1 unspecified atom stereocenters. The van der Waals surface area contributed by atoms with Crippen LogP contribution < -0.4 is 0 Å². The number of benzene rings is 1. The van der Waals surface area contributed by atoms with Gasteiger partial charge in [0.05, 0.1) is 0 Å². The fraction of sp³-hybridized carbons (Fsp3) is 0.300. The van der Waals surface area contributed by atoms with Crippen LogP contribution in [0.25, 0.3) is 0 Å². The Balaban J connectivity index is 2.75. The number of hydrogen-bond acceptors (Lipinski definition) is 1. The molecular weight excluding hydrogens is 311 g/mol. The summed E-state index contributed by atoms with van der Waals surface area (Å²) in [5.41, 5.74) is 2.03. The van der Waals surface area contributed by atoms with E-state index in [9.17, 15) is 4.39 Å². The lowest BCUT2D eigenvalue weighted by molar-refractivity contribution is 0.627. The van der Waals surface area contributed by atoms with Gasteiger partial charge in [0.15, 0.2) is 0 Å². The highest BCUT2D eigenvalue weighted by molar-refractivity contribution is 14.1. The van der Waals surface area contributed by atoms with Gasteiger partial charge in [-0.15, -0.1) is 0 Å². The maximum Gasteiger partial charge on any atom is 0.123 e. The largest absolute Gasteiger partial charge is 0.272 e. The second kappa shape index (κ2) is 6.46. The van der Waals surface area contributed by atoms with Crippen molar-refractivity contribution >= 4 is 37.7 Å². The lowest BCUT2D eigenvalue weighted by Crippen LogP contribution is -2.00. The minimum absolute atomic E-state index is 0.203. The summed E-state index contributed by atoms with van der Waals surface area (Å²) < 4.78 is 17.9. The topological polar surface area (TPSA) is 12.4 Å². The number of rotatable bonds is 4. The molecule has 14 heavy (non-hydrogen) atoms. The van der Waals surface area contributed by atoms with Crippen LogP contribution in [0.5, 0.6) is 0 Å². The smallest absolute Gasteiger partial charge is 0.123 e. The van der Waals surface area contributed by atoms with Gasteiger partial charge >= 0.3 is 0 Å². The summed E-state index contributed by atoms with van der Waals surface area (Å²) in [5.74, 6) is -0.203. The molecule has 0 spiro atoms. The molecule has 0 aliphatic heterocycles. The van der Waals surface area contributed by atoms with Gasteiger partial charge in [0.2, 0.25) is 0 Å². The molecule has 0 aromatic heterocycles. The summed E-state index contributed by atoms with van der Waals surface area (Å²) in [6.45, 7) is 0. The van der Waals surface area contributed by atoms with Crippen molar-refractivity contribution in [3.8, 4) is 0 Å². The van der Waals surface area contributed by atoms with E-state index in [1.165, 1.54) is 12.1 Å². The van der Waals surface area contributed by atoms with E-state index >= 15 is 0 Å². The van der Waals surface area contributed by atoms with Gasteiger partial charge in [0.1, 0.15) is 5.82 Å². The SMILES string of the molecule is Fc1ccc(/C(CCCI)=N\P)cc1. The fourth-order valence-electron chi connectivity index (χ4n) is 1.16. The van der Waals surface area contributed by atoms with E-state index in [4.69, 9.17) is 0 Å². The number of alkyl halides is 1. The van der Waals surface area contributed by atoms with E-state index in [0.717, 1.165) is 28.5 Å². The molecule has 1 aromatic rings. The van der Waals surface area contributed by atoms with Crippen molar-refractivity contribution in [3.63, 3.8) is 0 Å². The summed E-state index contributed by atoms with van der Waals surface area (Å²) in [7, 11) is 2.37. The first-order valence-electron chi connectivity index (χ1n) is 4.36. The van der Waals surface area contributed by atoms with Gasteiger partial charge in [-0.3, -0.25) is 4.76 Å². The Morgan fingerprint density at radius 1 is 1.36 bits per heavy atom. The zero-order valence-electron chi connectivity index (χ0n) is 7.71. The maximum absolute atomic E-state index is 12.7. The van der Waals surface area contributed by atoms with Crippen molar-refractivity contribution in [1.82, 2.24) is 0 Å². The predicted octanol–water partition coefficient (Wildman–Crippen LogP) is 3.62. The first-order valence-corrected chi connectivity index (χ1v) is 6.40. The van der Waals surface area contributed by atoms with Crippen LogP contribution in [0.2, 0.25) is 0 Å². The molecule has 76 valence electrons. The molecule has 0 aliphatic rings. The lowest BCUT2D eigenvalue weighted by Gasteiger charge is -2.04. The van der Waals surface area contributed by atoms with Crippen LogP contribution in [0.3, 0.4) is 0 Å². The molecule has 0 aliphatic carbocycles. The maximum atomic E-state index is 12.7. The van der Waals surface area contributed by atoms with Gasteiger partial charge in [-0.1, -0.05) is 34.7 Å². The number of hydrogen-bond donors (Lipinski definition) is 0. The normalized spacial score (nSPS) is 11.8. The van der Waals surface area contributed by atoms with Crippen LogP contribution in [-0.2, 0) is 0 Å². The monoisotopic (exact) mass is 323 g/mol. The van der Waals surface area contributed by atoms with E-state index in [-0.39, 0.29) is 5.82 Å². The fourth-order valence-corrected chi connectivity index (χ4v) is 1.82. The average molecular weight is 323 g/mol. The standard InChI is InChI=1S/C10H12FINP/c11-9-5-3-8(4-6-9)10(13-14)2-1-7-12/h3-6H,1-2,7,14H2/b13-10-. The third-order valence-electron chi connectivity index (χ3n) is 1.88. The molecule has 1 nitrogen and oxygen atoms in total. The Labute approximate surface area is 99.6 Å². The van der Waals surface area contributed by atoms with Crippen LogP contribution in [0.15, 0.2) is 29.0 Å². The minimum Gasteiger partial charge on any atom is -0.272 e. The Hall–Kier alpha value is -0.0200. The molecule has 4 heteroatoms. The molecule has 0 fully saturated rings. The molecule has 0 saturated heterocycles. The third-order valence-corrected chi connectivity index (χ3v) is 2.95. The Kier molecular flexibility index (Phi) is 5.56. The summed E-state index contributed by atoms with van der Waals surface area (Å²) in [6.07, 6.45) is 2.04. The van der Waals surface area contributed by atoms with Crippen molar-refractivity contribution < 1.29 is 4.39 Å². The Bertz CT molecular complexity index is 310. The summed E-state index contributed by atoms with van der Waals surface area (Å²) >= 11 is 2.34. The highest BCUT2D eigenvalue weighted by Crippen LogP contribution is 2.11. The quantitative estimate of drug-likeness (QED) is 0.347. The predicted molar refractivity (Wildman–Crippen MR) is 70.8 cm³/mol. The van der Waals surface area contributed by atoms with Gasteiger partial charge in [-0.05, 0) is 44.4 Å². The minimum atomic E-state index is -0.203. The van der Waals surface area contributed by atoms with Gasteiger partial charge in [0, 0.05) is 5.71 Å². The van der Waals surface area contributed by atoms with Crippen LogP contribution in [0.1, 0.15) is 18.4 Å². The van der Waals surface area contributed by atoms with Crippen molar-refractivity contribution in [2.24, 2.45) is 4.76 Å². The van der Waals surface area contributed by atoms with Crippen molar-refractivity contribution in [2.45, 2.75) is 12.8 Å². The molecule has 0 amide bonds. The zero-order chi connectivity index (χ0) is 10.4. The third kappa shape index (κ3) is 3.62. The van der Waals surface area contributed by atoms with Gasteiger partial charge in [0.25, 0.3) is 0 Å². The molecule has 1 atom stereocenters. The van der Waals surface area contributed by atoms with Gasteiger partial charge in [-0.25, -0.2) is 4.39 Å². The van der Waals surface area contributed by atoms with E-state index < -0.39 is 0 Å². The van der Waals surface area contributed by atoms with Crippen molar-refractivity contribution in [3.05, 3.63) is 35.6 Å². The average Bonchev–Trinajstić information content (AvgIpc) is 2.21. The van der Waals surface area contributed by atoms with E-state index in [1.54, 1.807) is 12.1 Å². The second-order valence-corrected chi connectivity index (χ2v) is 4.21. The second-order valence-electron chi connectivity index (χ2n) is 2.88.